The summed E-state index contributed by atoms with van der Waals surface area (Å²) in [6, 6.07) is 1.34. The molecule has 2 rings (SSSR count). The lowest BCUT2D eigenvalue weighted by Gasteiger charge is -2.26. The maximum Gasteiger partial charge on any atom is 0.0728 e. The Kier molecular flexibility index (Phi) is 4.04. The minimum Gasteiger partial charge on any atom is -0.376 e. The molecule has 15 heavy (non-hydrogen) atoms. The Bertz CT molecular complexity index is 195. The molecule has 2 heteroatoms. The van der Waals surface area contributed by atoms with Crippen molar-refractivity contribution in [3.05, 3.63) is 0 Å². The van der Waals surface area contributed by atoms with Gasteiger partial charge in [0.05, 0.1) is 12.7 Å². The summed E-state index contributed by atoms with van der Waals surface area (Å²) in [6.07, 6.45) is 8.24. The van der Waals surface area contributed by atoms with Gasteiger partial charge in [0.2, 0.25) is 0 Å². The zero-order valence-corrected chi connectivity index (χ0v) is 10.2. The third-order valence-electron chi connectivity index (χ3n) is 4.07. The highest BCUT2D eigenvalue weighted by Crippen LogP contribution is 2.30. The number of hydrogen-bond acceptors (Lipinski definition) is 2. The summed E-state index contributed by atoms with van der Waals surface area (Å²) in [7, 11) is 0. The van der Waals surface area contributed by atoms with Gasteiger partial charge < -0.3 is 10.1 Å². The fourth-order valence-corrected chi connectivity index (χ4v) is 3.15. The number of ether oxygens (including phenoxy) is 1. The molecule has 0 amide bonds. The minimum atomic E-state index is 0.464. The van der Waals surface area contributed by atoms with E-state index in [1.807, 2.05) is 0 Å². The summed E-state index contributed by atoms with van der Waals surface area (Å²) in [6.45, 7) is 5.53. The molecule has 0 spiro atoms. The topological polar surface area (TPSA) is 21.3 Å². The van der Waals surface area contributed by atoms with E-state index in [0.29, 0.717) is 12.1 Å². The van der Waals surface area contributed by atoms with Crippen molar-refractivity contribution < 1.29 is 4.74 Å². The van der Waals surface area contributed by atoms with Gasteiger partial charge in [0, 0.05) is 12.1 Å². The van der Waals surface area contributed by atoms with E-state index in [2.05, 4.69) is 19.2 Å². The monoisotopic (exact) mass is 211 g/mol. The number of nitrogens with one attached hydrogen (secondary N) is 1. The normalized spacial score (nSPS) is 41.2. The molecule has 1 aliphatic carbocycles. The lowest BCUT2D eigenvalue weighted by molar-refractivity contribution is 0.0220. The first-order valence-electron chi connectivity index (χ1n) is 6.72. The predicted molar refractivity (Wildman–Crippen MR) is 63.0 cm³/mol. The van der Waals surface area contributed by atoms with Crippen LogP contribution in [0, 0.1) is 5.92 Å². The maximum absolute atomic E-state index is 6.10. The quantitative estimate of drug-likeness (QED) is 0.775. The van der Waals surface area contributed by atoms with Gasteiger partial charge in [0.1, 0.15) is 0 Å². The van der Waals surface area contributed by atoms with Gasteiger partial charge in [-0.05, 0) is 31.6 Å². The fourth-order valence-electron chi connectivity index (χ4n) is 3.15. The van der Waals surface area contributed by atoms with E-state index in [-0.39, 0.29) is 0 Å². The van der Waals surface area contributed by atoms with Crippen molar-refractivity contribution in [2.45, 2.75) is 70.6 Å². The second-order valence-electron chi connectivity index (χ2n) is 5.14. The van der Waals surface area contributed by atoms with Crippen LogP contribution in [0.5, 0.6) is 0 Å². The van der Waals surface area contributed by atoms with Gasteiger partial charge in [0.25, 0.3) is 0 Å². The number of hydrogen-bond donors (Lipinski definition) is 1. The standard InChI is InChI=1S/C13H25NO/c1-3-6-13-11(4-2)14-12-8-5-7-10(12)9-15-13/h10-14H,3-9H2,1-2H3. The molecule has 0 bridgehead atoms. The molecule has 1 heterocycles. The van der Waals surface area contributed by atoms with Crippen LogP contribution in [-0.4, -0.2) is 24.8 Å². The Labute approximate surface area is 93.8 Å². The Hall–Kier alpha value is -0.0800. The molecule has 4 atom stereocenters. The molecule has 2 nitrogen and oxygen atoms in total. The van der Waals surface area contributed by atoms with Gasteiger partial charge in [-0.1, -0.05) is 26.7 Å². The summed E-state index contributed by atoms with van der Waals surface area (Å²) in [5.41, 5.74) is 0. The molecule has 88 valence electrons. The SMILES string of the molecule is CCCC1OCC2CCCC2NC1CC. The minimum absolute atomic E-state index is 0.464. The van der Waals surface area contributed by atoms with Gasteiger partial charge >= 0.3 is 0 Å². The van der Waals surface area contributed by atoms with E-state index in [0.717, 1.165) is 18.6 Å². The second-order valence-corrected chi connectivity index (χ2v) is 5.14. The fraction of sp³-hybridized carbons (Fsp3) is 1.00. The van der Waals surface area contributed by atoms with E-state index < -0.39 is 0 Å². The van der Waals surface area contributed by atoms with E-state index in [9.17, 15) is 0 Å². The Balaban J connectivity index is 1.98. The van der Waals surface area contributed by atoms with Crippen molar-refractivity contribution in [1.82, 2.24) is 5.32 Å². The first kappa shape index (κ1) is 11.4. The third-order valence-corrected chi connectivity index (χ3v) is 4.07. The summed E-state index contributed by atoms with van der Waals surface area (Å²) >= 11 is 0. The third kappa shape index (κ3) is 2.54. The summed E-state index contributed by atoms with van der Waals surface area (Å²) in [4.78, 5) is 0. The van der Waals surface area contributed by atoms with Gasteiger partial charge in [-0.2, -0.15) is 0 Å². The molecular formula is C13H25NO. The van der Waals surface area contributed by atoms with E-state index in [4.69, 9.17) is 4.74 Å². The van der Waals surface area contributed by atoms with Crippen LogP contribution in [0.25, 0.3) is 0 Å². The van der Waals surface area contributed by atoms with E-state index in [1.54, 1.807) is 0 Å². The van der Waals surface area contributed by atoms with Crippen molar-refractivity contribution in [2.75, 3.05) is 6.61 Å². The molecule has 0 radical (unpaired) electrons. The van der Waals surface area contributed by atoms with Gasteiger partial charge in [-0.3, -0.25) is 0 Å². The molecule has 0 aromatic rings. The number of fused-ring (bicyclic) bond motifs is 1. The smallest absolute Gasteiger partial charge is 0.0728 e. The van der Waals surface area contributed by atoms with Crippen LogP contribution < -0.4 is 5.32 Å². The molecular weight excluding hydrogens is 186 g/mol. The second kappa shape index (κ2) is 5.31. The van der Waals surface area contributed by atoms with Crippen LogP contribution in [0.15, 0.2) is 0 Å². The van der Waals surface area contributed by atoms with Crippen LogP contribution in [0.1, 0.15) is 52.4 Å². The molecule has 4 unspecified atom stereocenters. The lowest BCUT2D eigenvalue weighted by Crippen LogP contribution is -2.43. The highest BCUT2D eigenvalue weighted by atomic mass is 16.5. The molecule has 1 saturated carbocycles. The van der Waals surface area contributed by atoms with Crippen molar-refractivity contribution in [1.29, 1.82) is 0 Å². The van der Waals surface area contributed by atoms with E-state index >= 15 is 0 Å². The van der Waals surface area contributed by atoms with E-state index in [1.165, 1.54) is 38.5 Å². The molecule has 1 saturated heterocycles. The van der Waals surface area contributed by atoms with Crippen molar-refractivity contribution in [3.8, 4) is 0 Å². The maximum atomic E-state index is 6.10. The summed E-state index contributed by atoms with van der Waals surface area (Å²) < 4.78 is 6.10. The highest BCUT2D eigenvalue weighted by molar-refractivity contribution is 4.91. The lowest BCUT2D eigenvalue weighted by atomic mass is 10.0. The van der Waals surface area contributed by atoms with Crippen molar-refractivity contribution in [3.63, 3.8) is 0 Å². The van der Waals surface area contributed by atoms with Crippen LogP contribution in [0.2, 0.25) is 0 Å². The molecule has 0 aromatic heterocycles. The first-order chi connectivity index (χ1) is 7.35. The first-order valence-corrected chi connectivity index (χ1v) is 6.72. The Morgan fingerprint density at radius 3 is 2.87 bits per heavy atom. The van der Waals surface area contributed by atoms with Crippen LogP contribution in [0.3, 0.4) is 0 Å². The van der Waals surface area contributed by atoms with Crippen LogP contribution >= 0.6 is 0 Å². The Morgan fingerprint density at radius 2 is 2.13 bits per heavy atom. The summed E-state index contributed by atoms with van der Waals surface area (Å²) in [5.74, 6) is 0.793. The van der Waals surface area contributed by atoms with Crippen LogP contribution in [0.4, 0.5) is 0 Å². The molecule has 1 aliphatic heterocycles. The van der Waals surface area contributed by atoms with Crippen LogP contribution in [-0.2, 0) is 4.74 Å². The molecule has 1 N–H and O–H groups in total. The zero-order valence-electron chi connectivity index (χ0n) is 10.2. The average molecular weight is 211 g/mol. The number of rotatable bonds is 3. The van der Waals surface area contributed by atoms with Crippen molar-refractivity contribution >= 4 is 0 Å². The molecule has 2 fully saturated rings. The average Bonchev–Trinajstić information content (AvgIpc) is 2.62. The highest BCUT2D eigenvalue weighted by Gasteiger charge is 2.35. The Morgan fingerprint density at radius 1 is 1.27 bits per heavy atom. The largest absolute Gasteiger partial charge is 0.376 e. The predicted octanol–water partition coefficient (Wildman–Crippen LogP) is 2.72. The zero-order chi connectivity index (χ0) is 10.7. The molecule has 2 aliphatic rings. The summed E-state index contributed by atoms with van der Waals surface area (Å²) in [5, 5.41) is 3.84. The van der Waals surface area contributed by atoms with Gasteiger partial charge in [-0.15, -0.1) is 0 Å². The molecule has 0 aromatic carbocycles. The van der Waals surface area contributed by atoms with Gasteiger partial charge in [-0.25, -0.2) is 0 Å². The van der Waals surface area contributed by atoms with Crippen molar-refractivity contribution in [2.24, 2.45) is 5.92 Å². The van der Waals surface area contributed by atoms with Gasteiger partial charge in [0.15, 0.2) is 0 Å².